The third kappa shape index (κ3) is 1.95. The number of aromatic nitrogens is 2. The van der Waals surface area contributed by atoms with Gasteiger partial charge >= 0.3 is 0 Å². The smallest absolute Gasteiger partial charge is 0.244 e. The minimum Gasteiger partial charge on any atom is -0.386 e. The van der Waals surface area contributed by atoms with Crippen molar-refractivity contribution in [1.29, 1.82) is 0 Å². The Hall–Kier alpha value is -1.36. The van der Waals surface area contributed by atoms with Crippen molar-refractivity contribution in [3.05, 3.63) is 18.5 Å². The molecule has 0 unspecified atom stereocenters. The van der Waals surface area contributed by atoms with Crippen molar-refractivity contribution in [1.82, 2.24) is 14.7 Å². The number of hydrogen-bond acceptors (Lipinski definition) is 3. The fourth-order valence-corrected chi connectivity index (χ4v) is 1.79. The highest BCUT2D eigenvalue weighted by molar-refractivity contribution is 5.77. The van der Waals surface area contributed by atoms with Gasteiger partial charge in [0.1, 0.15) is 12.1 Å². The number of likely N-dealkylation sites (tertiary alicyclic amines) is 1. The molecule has 2 rings (SSSR count). The second kappa shape index (κ2) is 3.90. The van der Waals surface area contributed by atoms with E-state index in [1.165, 1.54) is 0 Å². The van der Waals surface area contributed by atoms with Crippen LogP contribution >= 0.6 is 0 Å². The molecule has 1 aromatic rings. The number of rotatable bonds is 3. The standard InChI is InChI=1S/C11H17N3O2/c1-9(2)11(16)7-13(8-11)10(15)6-14-5-3-4-12-14/h3-5,9,16H,6-8H2,1-2H3. The van der Waals surface area contributed by atoms with Crippen LogP contribution in [0.25, 0.3) is 0 Å². The number of β-amino-alcohol motifs (C(OH)–C–C–N with tert-alkyl or cyclic N) is 1. The van der Waals surface area contributed by atoms with E-state index in [1.807, 2.05) is 13.8 Å². The normalized spacial score (nSPS) is 18.6. The van der Waals surface area contributed by atoms with Gasteiger partial charge in [0.25, 0.3) is 0 Å². The molecule has 0 aliphatic carbocycles. The van der Waals surface area contributed by atoms with Gasteiger partial charge in [-0.2, -0.15) is 5.10 Å². The molecule has 0 aromatic carbocycles. The summed E-state index contributed by atoms with van der Waals surface area (Å²) in [4.78, 5) is 13.4. The molecule has 1 aliphatic rings. The van der Waals surface area contributed by atoms with E-state index in [9.17, 15) is 9.90 Å². The average molecular weight is 223 g/mol. The molecule has 1 N–H and O–H groups in total. The summed E-state index contributed by atoms with van der Waals surface area (Å²) in [7, 11) is 0. The number of aliphatic hydroxyl groups is 1. The Morgan fingerprint density at radius 3 is 2.75 bits per heavy atom. The van der Waals surface area contributed by atoms with Gasteiger partial charge in [-0.3, -0.25) is 9.48 Å². The molecule has 1 aromatic heterocycles. The zero-order valence-electron chi connectivity index (χ0n) is 9.63. The van der Waals surface area contributed by atoms with E-state index in [1.54, 1.807) is 28.0 Å². The van der Waals surface area contributed by atoms with E-state index in [0.29, 0.717) is 13.1 Å². The number of carbonyl (C=O) groups excluding carboxylic acids is 1. The summed E-state index contributed by atoms with van der Waals surface area (Å²) in [6, 6.07) is 1.79. The van der Waals surface area contributed by atoms with Crippen LogP contribution in [-0.2, 0) is 11.3 Å². The molecule has 16 heavy (non-hydrogen) atoms. The Morgan fingerprint density at radius 1 is 1.56 bits per heavy atom. The Balaban J connectivity index is 1.86. The molecule has 1 amide bonds. The monoisotopic (exact) mass is 223 g/mol. The Bertz CT molecular complexity index is 367. The van der Waals surface area contributed by atoms with E-state index >= 15 is 0 Å². The molecular weight excluding hydrogens is 206 g/mol. The van der Waals surface area contributed by atoms with E-state index in [-0.39, 0.29) is 18.4 Å². The maximum absolute atomic E-state index is 11.8. The zero-order chi connectivity index (χ0) is 11.8. The van der Waals surface area contributed by atoms with Crippen LogP contribution in [0.3, 0.4) is 0 Å². The first-order valence-electron chi connectivity index (χ1n) is 5.49. The van der Waals surface area contributed by atoms with Gasteiger partial charge in [0.05, 0.1) is 13.1 Å². The maximum atomic E-state index is 11.8. The SMILES string of the molecule is CC(C)C1(O)CN(C(=O)Cn2cccn2)C1. The van der Waals surface area contributed by atoms with E-state index in [2.05, 4.69) is 5.10 Å². The fourth-order valence-electron chi connectivity index (χ4n) is 1.79. The maximum Gasteiger partial charge on any atom is 0.244 e. The predicted octanol–water partition coefficient (Wildman–Crippen LogP) is 0.112. The van der Waals surface area contributed by atoms with Crippen molar-refractivity contribution in [3.63, 3.8) is 0 Å². The highest BCUT2D eigenvalue weighted by Crippen LogP contribution is 2.28. The number of nitrogens with zero attached hydrogens (tertiary/aromatic N) is 3. The minimum atomic E-state index is -0.695. The lowest BCUT2D eigenvalue weighted by molar-refractivity contribution is -0.164. The lowest BCUT2D eigenvalue weighted by Crippen LogP contribution is -2.66. The molecule has 88 valence electrons. The average Bonchev–Trinajstić information content (AvgIpc) is 2.64. The summed E-state index contributed by atoms with van der Waals surface area (Å²) < 4.78 is 1.59. The van der Waals surface area contributed by atoms with Gasteiger partial charge in [-0.1, -0.05) is 13.8 Å². The van der Waals surface area contributed by atoms with Crippen LogP contribution in [-0.4, -0.2) is 44.4 Å². The number of hydrogen-bond donors (Lipinski definition) is 1. The first kappa shape index (κ1) is 11.1. The highest BCUT2D eigenvalue weighted by atomic mass is 16.3. The fraction of sp³-hybridized carbons (Fsp3) is 0.636. The van der Waals surface area contributed by atoms with Crippen molar-refractivity contribution >= 4 is 5.91 Å². The molecule has 5 nitrogen and oxygen atoms in total. The van der Waals surface area contributed by atoms with Crippen LogP contribution < -0.4 is 0 Å². The first-order valence-corrected chi connectivity index (χ1v) is 5.49. The van der Waals surface area contributed by atoms with Crippen LogP contribution in [0.4, 0.5) is 0 Å². The van der Waals surface area contributed by atoms with Crippen LogP contribution in [0.15, 0.2) is 18.5 Å². The molecule has 0 bridgehead atoms. The zero-order valence-corrected chi connectivity index (χ0v) is 9.63. The number of carbonyl (C=O) groups is 1. The Labute approximate surface area is 94.7 Å². The van der Waals surface area contributed by atoms with Gasteiger partial charge in [0, 0.05) is 12.4 Å². The Kier molecular flexibility index (Phi) is 2.71. The molecule has 2 heterocycles. The van der Waals surface area contributed by atoms with Gasteiger partial charge in [-0.25, -0.2) is 0 Å². The topological polar surface area (TPSA) is 58.4 Å². The minimum absolute atomic E-state index is 0.00836. The van der Waals surface area contributed by atoms with Crippen molar-refractivity contribution < 1.29 is 9.90 Å². The van der Waals surface area contributed by atoms with Crippen LogP contribution in [0.1, 0.15) is 13.8 Å². The lowest BCUT2D eigenvalue weighted by Gasteiger charge is -2.49. The molecule has 1 saturated heterocycles. The number of amides is 1. The first-order chi connectivity index (χ1) is 7.51. The van der Waals surface area contributed by atoms with Crippen molar-refractivity contribution in [3.8, 4) is 0 Å². The quantitative estimate of drug-likeness (QED) is 0.791. The van der Waals surface area contributed by atoms with E-state index in [0.717, 1.165) is 0 Å². The lowest BCUT2D eigenvalue weighted by atomic mass is 9.83. The van der Waals surface area contributed by atoms with Crippen molar-refractivity contribution in [2.45, 2.75) is 26.0 Å². The highest BCUT2D eigenvalue weighted by Gasteiger charge is 2.45. The molecule has 0 radical (unpaired) electrons. The summed E-state index contributed by atoms with van der Waals surface area (Å²) in [5, 5.41) is 14.0. The van der Waals surface area contributed by atoms with Crippen LogP contribution in [0, 0.1) is 5.92 Å². The summed E-state index contributed by atoms with van der Waals surface area (Å²) in [6.45, 7) is 5.06. The Morgan fingerprint density at radius 2 is 2.25 bits per heavy atom. The molecule has 1 aliphatic heterocycles. The molecule has 5 heteroatoms. The molecule has 0 atom stereocenters. The summed E-state index contributed by atoms with van der Waals surface area (Å²) in [5.74, 6) is 0.190. The van der Waals surface area contributed by atoms with Crippen molar-refractivity contribution in [2.75, 3.05) is 13.1 Å². The van der Waals surface area contributed by atoms with Crippen molar-refractivity contribution in [2.24, 2.45) is 5.92 Å². The van der Waals surface area contributed by atoms with Gasteiger partial charge in [0.2, 0.25) is 5.91 Å². The third-order valence-electron chi connectivity index (χ3n) is 3.21. The second-order valence-corrected chi connectivity index (χ2v) is 4.71. The largest absolute Gasteiger partial charge is 0.386 e. The molecular formula is C11H17N3O2. The van der Waals surface area contributed by atoms with E-state index in [4.69, 9.17) is 0 Å². The van der Waals surface area contributed by atoms with Crippen LogP contribution in [0.2, 0.25) is 0 Å². The van der Waals surface area contributed by atoms with Gasteiger partial charge < -0.3 is 10.0 Å². The van der Waals surface area contributed by atoms with Gasteiger partial charge in [-0.05, 0) is 12.0 Å². The predicted molar refractivity (Wildman–Crippen MR) is 58.6 cm³/mol. The summed E-state index contributed by atoms with van der Waals surface area (Å²) in [5.41, 5.74) is -0.695. The third-order valence-corrected chi connectivity index (χ3v) is 3.21. The second-order valence-electron chi connectivity index (χ2n) is 4.71. The molecule has 0 spiro atoms. The van der Waals surface area contributed by atoms with Crippen LogP contribution in [0.5, 0.6) is 0 Å². The van der Waals surface area contributed by atoms with Gasteiger partial charge in [-0.15, -0.1) is 0 Å². The molecule has 1 fully saturated rings. The molecule has 0 saturated carbocycles. The summed E-state index contributed by atoms with van der Waals surface area (Å²) >= 11 is 0. The summed E-state index contributed by atoms with van der Waals surface area (Å²) in [6.07, 6.45) is 3.40. The van der Waals surface area contributed by atoms with Gasteiger partial charge in [0.15, 0.2) is 0 Å². The van der Waals surface area contributed by atoms with E-state index < -0.39 is 5.60 Å².